The highest BCUT2D eigenvalue weighted by Gasteiger charge is 2.48. The van der Waals surface area contributed by atoms with Crippen LogP contribution in [0.2, 0.25) is 0 Å². The van der Waals surface area contributed by atoms with E-state index in [2.05, 4.69) is 22.8 Å². The Morgan fingerprint density at radius 3 is 2.55 bits per heavy atom. The lowest BCUT2D eigenvalue weighted by molar-refractivity contribution is -0.00370. The molecule has 0 saturated carbocycles. The predicted octanol–water partition coefficient (Wildman–Crippen LogP) is 3.86. The third-order valence-corrected chi connectivity index (χ3v) is 7.85. The number of rotatable bonds is 6. The molecular formula is C32H28N2O8. The first kappa shape index (κ1) is 27.3. The molecule has 0 radical (unpaired) electrons. The Morgan fingerprint density at radius 1 is 1.07 bits per heavy atom. The van der Waals surface area contributed by atoms with Crippen molar-refractivity contribution in [3.05, 3.63) is 75.8 Å². The van der Waals surface area contributed by atoms with Gasteiger partial charge >= 0.3 is 5.97 Å². The van der Waals surface area contributed by atoms with Gasteiger partial charge in [0.05, 0.1) is 45.0 Å². The lowest BCUT2D eigenvalue weighted by atomic mass is 9.83. The largest absolute Gasteiger partial charge is 0.493 e. The van der Waals surface area contributed by atoms with Crippen molar-refractivity contribution in [3.63, 3.8) is 0 Å². The molecule has 10 nitrogen and oxygen atoms in total. The zero-order valence-electron chi connectivity index (χ0n) is 23.3. The summed E-state index contributed by atoms with van der Waals surface area (Å²) in [6, 6.07) is 13.7. The van der Waals surface area contributed by atoms with E-state index in [0.29, 0.717) is 58.4 Å². The summed E-state index contributed by atoms with van der Waals surface area (Å²) >= 11 is 0. The molecule has 0 amide bonds. The summed E-state index contributed by atoms with van der Waals surface area (Å²) in [4.78, 5) is 15.6. The second kappa shape index (κ2) is 11.2. The summed E-state index contributed by atoms with van der Waals surface area (Å²) in [5.74, 6) is 7.77. The van der Waals surface area contributed by atoms with Crippen molar-refractivity contribution in [2.75, 3.05) is 41.3 Å². The van der Waals surface area contributed by atoms with E-state index >= 15 is 0 Å². The molecule has 3 heterocycles. The highest BCUT2D eigenvalue weighted by molar-refractivity contribution is 5.98. The van der Waals surface area contributed by atoms with Crippen molar-refractivity contribution in [1.82, 2.24) is 4.90 Å². The molecule has 3 aliphatic heterocycles. The molecule has 3 atom stereocenters. The van der Waals surface area contributed by atoms with Crippen molar-refractivity contribution in [2.45, 2.75) is 24.6 Å². The van der Waals surface area contributed by atoms with Gasteiger partial charge in [-0.05, 0) is 41.8 Å². The first-order valence-electron chi connectivity index (χ1n) is 13.3. The molecule has 3 aromatic carbocycles. The van der Waals surface area contributed by atoms with Gasteiger partial charge in [-0.3, -0.25) is 4.90 Å². The maximum atomic E-state index is 13.5. The lowest BCUT2D eigenvalue weighted by Crippen LogP contribution is -2.41. The van der Waals surface area contributed by atoms with E-state index in [1.165, 1.54) is 14.2 Å². The molecule has 1 N–H and O–H groups in total. The summed E-state index contributed by atoms with van der Waals surface area (Å²) in [5, 5.41) is 19.0. The van der Waals surface area contributed by atoms with Crippen LogP contribution in [0.3, 0.4) is 0 Å². The molecule has 6 rings (SSSR count). The van der Waals surface area contributed by atoms with E-state index in [4.69, 9.17) is 28.4 Å². The Hall–Kier alpha value is -4.90. The zero-order valence-corrected chi connectivity index (χ0v) is 23.3. The summed E-state index contributed by atoms with van der Waals surface area (Å²) in [6.45, 7) is 0.265. The third-order valence-electron chi connectivity index (χ3n) is 7.85. The highest BCUT2D eigenvalue weighted by Crippen LogP contribution is 2.56. The van der Waals surface area contributed by atoms with Crippen molar-refractivity contribution in [2.24, 2.45) is 0 Å². The summed E-state index contributed by atoms with van der Waals surface area (Å²) in [6.07, 6.45) is -0.163. The number of fused-ring (bicyclic) bond motifs is 3. The van der Waals surface area contributed by atoms with Crippen LogP contribution in [0, 0.1) is 23.2 Å². The molecule has 0 fully saturated rings. The number of carbonyl (C=O) groups excluding carboxylic acids is 1. The number of hydrogen-bond donors (Lipinski definition) is 1. The molecule has 1 unspecified atom stereocenters. The van der Waals surface area contributed by atoms with E-state index in [-0.39, 0.29) is 13.4 Å². The van der Waals surface area contributed by atoms with Gasteiger partial charge < -0.3 is 33.5 Å². The minimum absolute atomic E-state index is 0.0665. The van der Waals surface area contributed by atoms with Crippen molar-refractivity contribution >= 4 is 5.97 Å². The Labute approximate surface area is 242 Å². The van der Waals surface area contributed by atoms with Crippen molar-refractivity contribution in [3.8, 4) is 46.7 Å². The van der Waals surface area contributed by atoms with Crippen LogP contribution in [0.15, 0.2) is 42.5 Å². The van der Waals surface area contributed by atoms with E-state index < -0.39 is 24.2 Å². The maximum Gasteiger partial charge on any atom is 0.343 e. The summed E-state index contributed by atoms with van der Waals surface area (Å²) < 4.78 is 34.7. The molecule has 3 aliphatic rings. The van der Waals surface area contributed by atoms with Gasteiger partial charge in [0.2, 0.25) is 12.5 Å². The molecule has 0 aromatic heterocycles. The molecular weight excluding hydrogens is 540 g/mol. The van der Waals surface area contributed by atoms with Gasteiger partial charge in [-0.2, -0.15) is 5.26 Å². The minimum atomic E-state index is -0.780. The zero-order chi connectivity index (χ0) is 29.4. The second-order valence-electron chi connectivity index (χ2n) is 9.86. The Bertz CT molecular complexity index is 1650. The van der Waals surface area contributed by atoms with E-state index in [1.54, 1.807) is 25.3 Å². The Morgan fingerprint density at radius 2 is 1.86 bits per heavy atom. The fourth-order valence-corrected chi connectivity index (χ4v) is 6.08. The van der Waals surface area contributed by atoms with Crippen LogP contribution in [0.25, 0.3) is 0 Å². The molecule has 0 bridgehead atoms. The Balaban J connectivity index is 1.58. The minimum Gasteiger partial charge on any atom is -0.493 e. The molecule has 0 saturated heterocycles. The lowest BCUT2D eigenvalue weighted by Gasteiger charge is -2.43. The maximum absolute atomic E-state index is 13.5. The van der Waals surface area contributed by atoms with Gasteiger partial charge in [-0.15, -0.1) is 0 Å². The number of aliphatic hydroxyl groups is 1. The van der Waals surface area contributed by atoms with Crippen LogP contribution in [-0.4, -0.2) is 57.2 Å². The fourth-order valence-electron chi connectivity index (χ4n) is 6.08. The fraction of sp³-hybridized carbons (Fsp3) is 0.312. The Kier molecular flexibility index (Phi) is 7.26. The number of hydrogen-bond acceptors (Lipinski definition) is 10. The monoisotopic (exact) mass is 568 g/mol. The average molecular weight is 569 g/mol. The van der Waals surface area contributed by atoms with Crippen LogP contribution in [0.1, 0.15) is 56.4 Å². The third kappa shape index (κ3) is 4.33. The van der Waals surface area contributed by atoms with Crippen molar-refractivity contribution < 1.29 is 38.3 Å². The summed E-state index contributed by atoms with van der Waals surface area (Å²) in [5.41, 5.74) is 4.02. The SMILES string of the molecule is COc1ccc2c(c1OC)C(=O)O[C@H]2[C@@H]1c2c(cc3c(c2OC)OCO3)CCN1C(C#CCO)c1ccc(C#N)cc1. The van der Waals surface area contributed by atoms with Crippen LogP contribution in [0.4, 0.5) is 0 Å². The second-order valence-corrected chi connectivity index (χ2v) is 9.86. The molecule has 10 heteroatoms. The van der Waals surface area contributed by atoms with Crippen LogP contribution < -0.4 is 23.7 Å². The van der Waals surface area contributed by atoms with Gasteiger partial charge in [-0.25, -0.2) is 4.79 Å². The number of nitrogens with zero attached hydrogens (tertiary/aromatic N) is 2. The standard InChI is InChI=1S/C32H28N2O8/c1-37-23-11-10-21-26(29(23)38-2)32(36)42-28(21)27-25-20(15-24-30(31(25)39-3)41-17-40-24)12-13-34(27)22(5-4-14-35)19-8-6-18(16-33)7-9-19/h6-11,15,22,27-28,35H,12-14,17H2,1-3H3/t22?,27-,28+/m0/s1. The number of cyclic esters (lactones) is 1. The quantitative estimate of drug-likeness (QED) is 0.347. The first-order chi connectivity index (χ1) is 20.5. The van der Waals surface area contributed by atoms with E-state index in [9.17, 15) is 15.2 Å². The number of methoxy groups -OCH3 is 3. The molecule has 3 aromatic rings. The van der Waals surface area contributed by atoms with Crippen molar-refractivity contribution in [1.29, 1.82) is 5.26 Å². The smallest absolute Gasteiger partial charge is 0.343 e. The molecule has 0 spiro atoms. The van der Waals surface area contributed by atoms with Gasteiger partial charge in [0.1, 0.15) is 18.3 Å². The predicted molar refractivity (Wildman–Crippen MR) is 149 cm³/mol. The van der Waals surface area contributed by atoms with Gasteiger partial charge in [0.15, 0.2) is 23.0 Å². The van der Waals surface area contributed by atoms with Crippen LogP contribution in [0.5, 0.6) is 28.7 Å². The van der Waals surface area contributed by atoms with E-state index in [0.717, 1.165) is 16.7 Å². The van der Waals surface area contributed by atoms with Crippen LogP contribution in [-0.2, 0) is 11.2 Å². The molecule has 42 heavy (non-hydrogen) atoms. The number of nitriles is 1. The molecule has 0 aliphatic carbocycles. The number of aliphatic hydroxyl groups excluding tert-OH is 1. The number of esters is 1. The summed E-state index contributed by atoms with van der Waals surface area (Å²) in [7, 11) is 4.56. The first-order valence-corrected chi connectivity index (χ1v) is 13.3. The van der Waals surface area contributed by atoms with E-state index in [1.807, 2.05) is 24.3 Å². The number of benzene rings is 3. The number of ether oxygens (including phenoxy) is 6. The van der Waals surface area contributed by atoms with Crippen LogP contribution >= 0.6 is 0 Å². The van der Waals surface area contributed by atoms with Gasteiger partial charge in [0.25, 0.3) is 0 Å². The molecule has 214 valence electrons. The van der Waals surface area contributed by atoms with Gasteiger partial charge in [0, 0.05) is 17.7 Å². The highest BCUT2D eigenvalue weighted by atomic mass is 16.7. The number of carbonyl (C=O) groups is 1. The topological polar surface area (TPSA) is 120 Å². The van der Waals surface area contributed by atoms with Gasteiger partial charge in [-0.1, -0.05) is 30.0 Å². The normalized spacial score (nSPS) is 19.0. The average Bonchev–Trinajstić information content (AvgIpc) is 3.63.